The maximum Gasteiger partial charge on any atom is 0.229 e. The van der Waals surface area contributed by atoms with E-state index in [1.54, 1.807) is 12.2 Å². The Hall–Kier alpha value is -0.830. The third-order valence-electron chi connectivity index (χ3n) is 1.70. The second-order valence-corrected chi connectivity index (χ2v) is 2.83. The molecule has 4 heteroatoms. The van der Waals surface area contributed by atoms with Crippen LogP contribution in [-0.4, -0.2) is 29.1 Å². The van der Waals surface area contributed by atoms with Gasteiger partial charge in [0.15, 0.2) is 0 Å². The predicted octanol–water partition coefficient (Wildman–Crippen LogP) is 0.930. The fourth-order valence-corrected chi connectivity index (χ4v) is 1.20. The fourth-order valence-electron chi connectivity index (χ4n) is 1.07. The molecule has 0 atom stereocenters. The van der Waals surface area contributed by atoms with E-state index >= 15 is 0 Å². The van der Waals surface area contributed by atoms with Crippen molar-refractivity contribution in [1.29, 1.82) is 0 Å². The second-order valence-electron chi connectivity index (χ2n) is 2.52. The first kappa shape index (κ1) is 9.26. The van der Waals surface area contributed by atoms with Gasteiger partial charge in [-0.05, 0) is 0 Å². The van der Waals surface area contributed by atoms with Gasteiger partial charge in [0.1, 0.15) is 0 Å². The lowest BCUT2D eigenvalue weighted by molar-refractivity contribution is -0.137. The van der Waals surface area contributed by atoms with Gasteiger partial charge in [-0.3, -0.25) is 14.5 Å². The normalized spacial score (nSPS) is 18.2. The second kappa shape index (κ2) is 4.26. The van der Waals surface area contributed by atoms with E-state index in [0.717, 1.165) is 0 Å². The van der Waals surface area contributed by atoms with Crippen molar-refractivity contribution in [1.82, 2.24) is 4.90 Å². The van der Waals surface area contributed by atoms with Crippen molar-refractivity contribution in [2.24, 2.45) is 0 Å². The lowest BCUT2D eigenvalue weighted by Crippen LogP contribution is -2.28. The molecule has 3 nitrogen and oxygen atoms in total. The number of likely N-dealkylation sites (tertiary alicyclic amines) is 1. The van der Waals surface area contributed by atoms with Gasteiger partial charge in [-0.1, -0.05) is 12.2 Å². The zero-order valence-corrected chi connectivity index (χ0v) is 7.38. The summed E-state index contributed by atoms with van der Waals surface area (Å²) in [6.45, 7) is 0.365. The van der Waals surface area contributed by atoms with E-state index in [1.807, 2.05) is 0 Å². The molecule has 0 saturated carbocycles. The summed E-state index contributed by atoms with van der Waals surface area (Å²) in [6, 6.07) is 0. The monoisotopic (exact) mass is 187 g/mol. The van der Waals surface area contributed by atoms with Crippen molar-refractivity contribution < 1.29 is 9.59 Å². The van der Waals surface area contributed by atoms with Gasteiger partial charge in [-0.25, -0.2) is 0 Å². The van der Waals surface area contributed by atoms with Crippen LogP contribution < -0.4 is 0 Å². The molecule has 1 saturated heterocycles. The maximum atomic E-state index is 11.0. The molecule has 0 spiro atoms. The number of carbonyl (C=O) groups is 2. The van der Waals surface area contributed by atoms with Crippen LogP contribution in [0.1, 0.15) is 12.8 Å². The standard InChI is InChI=1S/C8H10ClNO2/c9-5-1-2-6-10-7(11)3-4-8(10)12/h1-2H,3-6H2. The molecule has 1 fully saturated rings. The van der Waals surface area contributed by atoms with Gasteiger partial charge in [0.2, 0.25) is 11.8 Å². The van der Waals surface area contributed by atoms with E-state index in [-0.39, 0.29) is 11.8 Å². The van der Waals surface area contributed by atoms with E-state index in [1.165, 1.54) is 4.90 Å². The van der Waals surface area contributed by atoms with E-state index in [4.69, 9.17) is 11.6 Å². The topological polar surface area (TPSA) is 37.4 Å². The minimum absolute atomic E-state index is 0.0841. The Morgan fingerprint density at radius 3 is 2.33 bits per heavy atom. The minimum Gasteiger partial charge on any atom is -0.279 e. The highest BCUT2D eigenvalue weighted by atomic mass is 35.5. The summed E-state index contributed by atoms with van der Waals surface area (Å²) in [7, 11) is 0. The van der Waals surface area contributed by atoms with Gasteiger partial charge in [0.05, 0.1) is 0 Å². The molecule has 1 heterocycles. The number of carbonyl (C=O) groups excluding carboxylic acids is 2. The molecule has 0 aromatic rings. The number of imide groups is 1. The van der Waals surface area contributed by atoms with E-state index in [0.29, 0.717) is 25.3 Å². The summed E-state index contributed by atoms with van der Waals surface area (Å²) in [5.41, 5.74) is 0. The van der Waals surface area contributed by atoms with E-state index in [9.17, 15) is 9.59 Å². The van der Waals surface area contributed by atoms with Gasteiger partial charge >= 0.3 is 0 Å². The fraction of sp³-hybridized carbons (Fsp3) is 0.500. The lowest BCUT2D eigenvalue weighted by Gasteiger charge is -2.09. The highest BCUT2D eigenvalue weighted by Crippen LogP contribution is 2.10. The number of rotatable bonds is 3. The third kappa shape index (κ3) is 2.08. The molecule has 0 aromatic carbocycles. The van der Waals surface area contributed by atoms with Crippen molar-refractivity contribution in [3.63, 3.8) is 0 Å². The summed E-state index contributed by atoms with van der Waals surface area (Å²) in [5.74, 6) is 0.245. The van der Waals surface area contributed by atoms with Crippen LogP contribution in [0.3, 0.4) is 0 Å². The first-order valence-electron chi connectivity index (χ1n) is 3.80. The molecular weight excluding hydrogens is 178 g/mol. The van der Waals surface area contributed by atoms with Crippen molar-refractivity contribution in [3.8, 4) is 0 Å². The lowest BCUT2D eigenvalue weighted by atomic mass is 10.4. The molecule has 2 amide bonds. The summed E-state index contributed by atoms with van der Waals surface area (Å²) in [5, 5.41) is 0. The number of amides is 2. The highest BCUT2D eigenvalue weighted by molar-refractivity contribution is 6.18. The molecule has 1 aliphatic rings. The van der Waals surface area contributed by atoms with Gasteiger partial charge in [-0.15, -0.1) is 11.6 Å². The third-order valence-corrected chi connectivity index (χ3v) is 1.88. The molecule has 1 rings (SSSR count). The molecule has 1 aliphatic heterocycles. The first-order valence-corrected chi connectivity index (χ1v) is 4.33. The van der Waals surface area contributed by atoms with E-state index in [2.05, 4.69) is 0 Å². The highest BCUT2D eigenvalue weighted by Gasteiger charge is 2.27. The number of hydrogen-bond donors (Lipinski definition) is 0. The zero-order valence-electron chi connectivity index (χ0n) is 6.62. The van der Waals surface area contributed by atoms with Crippen LogP contribution in [0.15, 0.2) is 12.2 Å². The van der Waals surface area contributed by atoms with Crippen LogP contribution in [0.2, 0.25) is 0 Å². The molecule has 0 aromatic heterocycles. The summed E-state index contributed by atoms with van der Waals surface area (Å²) < 4.78 is 0. The van der Waals surface area contributed by atoms with Gasteiger partial charge in [-0.2, -0.15) is 0 Å². The van der Waals surface area contributed by atoms with Crippen LogP contribution in [-0.2, 0) is 9.59 Å². The van der Waals surface area contributed by atoms with Crippen molar-refractivity contribution in [2.45, 2.75) is 12.8 Å². The van der Waals surface area contributed by atoms with Gasteiger partial charge < -0.3 is 0 Å². The quantitative estimate of drug-likeness (QED) is 0.375. The van der Waals surface area contributed by atoms with E-state index < -0.39 is 0 Å². The Kier molecular flexibility index (Phi) is 3.29. The SMILES string of the molecule is O=C1CCC(=O)N1CC=CCCl. The number of alkyl halides is 1. The number of allylic oxidation sites excluding steroid dienone is 1. The molecule has 0 bridgehead atoms. The average molecular weight is 188 g/mol. The Labute approximate surface area is 76.0 Å². The number of halogens is 1. The summed E-state index contributed by atoms with van der Waals surface area (Å²) >= 11 is 5.38. The Morgan fingerprint density at radius 1 is 1.25 bits per heavy atom. The van der Waals surface area contributed by atoms with Crippen molar-refractivity contribution in [2.75, 3.05) is 12.4 Å². The molecule has 0 aliphatic carbocycles. The Balaban J connectivity index is 2.45. The molecule has 0 radical (unpaired) electrons. The predicted molar refractivity (Wildman–Crippen MR) is 45.8 cm³/mol. The Bertz CT molecular complexity index is 209. The van der Waals surface area contributed by atoms with Crippen molar-refractivity contribution >= 4 is 23.4 Å². The van der Waals surface area contributed by atoms with Crippen molar-refractivity contribution in [3.05, 3.63) is 12.2 Å². The molecule has 0 N–H and O–H groups in total. The maximum absolute atomic E-state index is 11.0. The largest absolute Gasteiger partial charge is 0.279 e. The Morgan fingerprint density at radius 2 is 1.83 bits per heavy atom. The smallest absolute Gasteiger partial charge is 0.229 e. The number of hydrogen-bond acceptors (Lipinski definition) is 2. The van der Waals surface area contributed by atoms with Crippen LogP contribution in [0.25, 0.3) is 0 Å². The molecule has 66 valence electrons. The molecule has 0 unspecified atom stereocenters. The average Bonchev–Trinajstić information content (AvgIpc) is 2.35. The van der Waals surface area contributed by atoms with Crippen LogP contribution in [0.4, 0.5) is 0 Å². The zero-order chi connectivity index (χ0) is 8.97. The first-order chi connectivity index (χ1) is 5.75. The van der Waals surface area contributed by atoms with Crippen LogP contribution >= 0.6 is 11.6 Å². The van der Waals surface area contributed by atoms with Gasteiger partial charge in [0.25, 0.3) is 0 Å². The molecule has 12 heavy (non-hydrogen) atoms. The number of nitrogens with zero attached hydrogens (tertiary/aromatic N) is 1. The minimum atomic E-state index is -0.0841. The van der Waals surface area contributed by atoms with Gasteiger partial charge in [0, 0.05) is 25.3 Å². The summed E-state index contributed by atoms with van der Waals surface area (Å²) in [6.07, 6.45) is 4.16. The molecular formula is C8H10ClNO2. The van der Waals surface area contributed by atoms with Crippen LogP contribution in [0, 0.1) is 0 Å². The van der Waals surface area contributed by atoms with Crippen LogP contribution in [0.5, 0.6) is 0 Å². The summed E-state index contributed by atoms with van der Waals surface area (Å²) in [4.78, 5) is 23.3.